The van der Waals surface area contributed by atoms with E-state index in [4.69, 9.17) is 0 Å². The maximum atomic E-state index is 12.1. The summed E-state index contributed by atoms with van der Waals surface area (Å²) in [6, 6.07) is 9.05. The summed E-state index contributed by atoms with van der Waals surface area (Å²) in [5.41, 5.74) is 1.12. The summed E-state index contributed by atoms with van der Waals surface area (Å²) in [4.78, 5) is 23.4. The van der Waals surface area contributed by atoms with Crippen LogP contribution in [0.4, 0.5) is 0 Å². The van der Waals surface area contributed by atoms with Gasteiger partial charge >= 0.3 is 5.97 Å². The van der Waals surface area contributed by atoms with Gasteiger partial charge in [-0.25, -0.2) is 4.79 Å². The van der Waals surface area contributed by atoms with Crippen LogP contribution in [0.1, 0.15) is 51.5 Å². The highest BCUT2D eigenvalue weighted by Gasteiger charge is 2.26. The molecule has 3 unspecified atom stereocenters. The molecule has 0 radical (unpaired) electrons. The van der Waals surface area contributed by atoms with Gasteiger partial charge in [-0.15, -0.1) is 0 Å². The molecule has 21 heavy (non-hydrogen) atoms. The SMILES string of the molecule is CCC(CC(=O)NC(C(=O)O)C(C)CC)c1ccccc1. The monoisotopic (exact) mass is 291 g/mol. The van der Waals surface area contributed by atoms with Crippen molar-refractivity contribution in [3.8, 4) is 0 Å². The Morgan fingerprint density at radius 2 is 1.76 bits per heavy atom. The molecule has 0 fully saturated rings. The zero-order valence-corrected chi connectivity index (χ0v) is 13.0. The van der Waals surface area contributed by atoms with Crippen molar-refractivity contribution in [2.75, 3.05) is 0 Å². The Kier molecular flexibility index (Phi) is 6.92. The van der Waals surface area contributed by atoms with Crippen molar-refractivity contribution in [2.24, 2.45) is 5.92 Å². The average Bonchev–Trinajstić information content (AvgIpc) is 2.50. The van der Waals surface area contributed by atoms with Crippen LogP contribution in [0.5, 0.6) is 0 Å². The molecule has 4 nitrogen and oxygen atoms in total. The first-order chi connectivity index (χ1) is 9.99. The Hall–Kier alpha value is -1.84. The first-order valence-electron chi connectivity index (χ1n) is 7.56. The third kappa shape index (κ3) is 5.21. The van der Waals surface area contributed by atoms with Crippen LogP contribution in [0.25, 0.3) is 0 Å². The van der Waals surface area contributed by atoms with Crippen molar-refractivity contribution >= 4 is 11.9 Å². The van der Waals surface area contributed by atoms with Gasteiger partial charge in [-0.05, 0) is 23.8 Å². The highest BCUT2D eigenvalue weighted by atomic mass is 16.4. The molecule has 1 amide bonds. The van der Waals surface area contributed by atoms with Gasteiger partial charge in [-0.2, -0.15) is 0 Å². The normalized spacial score (nSPS) is 15.0. The van der Waals surface area contributed by atoms with Crippen LogP contribution >= 0.6 is 0 Å². The van der Waals surface area contributed by atoms with E-state index in [0.29, 0.717) is 12.8 Å². The van der Waals surface area contributed by atoms with Gasteiger partial charge in [-0.3, -0.25) is 4.79 Å². The lowest BCUT2D eigenvalue weighted by molar-refractivity contribution is -0.143. The Balaban J connectivity index is 2.68. The molecule has 1 aromatic carbocycles. The van der Waals surface area contributed by atoms with Crippen molar-refractivity contribution in [3.63, 3.8) is 0 Å². The fourth-order valence-electron chi connectivity index (χ4n) is 2.36. The van der Waals surface area contributed by atoms with E-state index in [1.165, 1.54) is 0 Å². The van der Waals surface area contributed by atoms with E-state index in [1.54, 1.807) is 0 Å². The molecule has 0 saturated carbocycles. The van der Waals surface area contributed by atoms with Gasteiger partial charge in [0.25, 0.3) is 0 Å². The molecule has 2 N–H and O–H groups in total. The van der Waals surface area contributed by atoms with E-state index in [0.717, 1.165) is 12.0 Å². The number of carboxylic acid groups (broad SMARTS) is 1. The van der Waals surface area contributed by atoms with E-state index in [9.17, 15) is 14.7 Å². The Morgan fingerprint density at radius 1 is 1.14 bits per heavy atom. The molecule has 0 aliphatic carbocycles. The molecule has 4 heteroatoms. The number of amides is 1. The summed E-state index contributed by atoms with van der Waals surface area (Å²) < 4.78 is 0. The van der Waals surface area contributed by atoms with Gasteiger partial charge in [0.15, 0.2) is 0 Å². The van der Waals surface area contributed by atoms with Gasteiger partial charge in [0, 0.05) is 6.42 Å². The predicted molar refractivity (Wildman–Crippen MR) is 83.1 cm³/mol. The van der Waals surface area contributed by atoms with E-state index >= 15 is 0 Å². The second-order valence-corrected chi connectivity index (χ2v) is 5.49. The van der Waals surface area contributed by atoms with Crippen molar-refractivity contribution in [2.45, 2.75) is 52.0 Å². The highest BCUT2D eigenvalue weighted by molar-refractivity contribution is 5.84. The molecular formula is C17H25NO3. The molecule has 0 bridgehead atoms. The lowest BCUT2D eigenvalue weighted by atomic mass is 9.92. The summed E-state index contributed by atoms with van der Waals surface area (Å²) in [5, 5.41) is 11.9. The Morgan fingerprint density at radius 3 is 2.24 bits per heavy atom. The van der Waals surface area contributed by atoms with Gasteiger partial charge in [0.05, 0.1) is 0 Å². The zero-order chi connectivity index (χ0) is 15.8. The number of hydrogen-bond donors (Lipinski definition) is 2. The Labute approximate surface area is 126 Å². The zero-order valence-electron chi connectivity index (χ0n) is 13.0. The topological polar surface area (TPSA) is 66.4 Å². The van der Waals surface area contributed by atoms with Crippen LogP contribution in [0, 0.1) is 5.92 Å². The number of aliphatic carboxylic acids is 1. The van der Waals surface area contributed by atoms with E-state index < -0.39 is 12.0 Å². The van der Waals surface area contributed by atoms with Gasteiger partial charge < -0.3 is 10.4 Å². The number of rotatable bonds is 8. The van der Waals surface area contributed by atoms with Crippen molar-refractivity contribution < 1.29 is 14.7 Å². The maximum absolute atomic E-state index is 12.1. The molecule has 1 rings (SSSR count). The average molecular weight is 291 g/mol. The third-order valence-corrected chi connectivity index (χ3v) is 3.99. The summed E-state index contributed by atoms with van der Waals surface area (Å²) in [6.45, 7) is 5.80. The summed E-state index contributed by atoms with van der Waals surface area (Å²) in [7, 11) is 0. The van der Waals surface area contributed by atoms with Gasteiger partial charge in [0.2, 0.25) is 5.91 Å². The Bertz CT molecular complexity index is 458. The van der Waals surface area contributed by atoms with Crippen LogP contribution in [0.3, 0.4) is 0 Å². The molecular weight excluding hydrogens is 266 g/mol. The number of carbonyl (C=O) groups excluding carboxylic acids is 1. The van der Waals surface area contributed by atoms with E-state index in [-0.39, 0.29) is 17.7 Å². The van der Waals surface area contributed by atoms with Crippen LogP contribution in [0.2, 0.25) is 0 Å². The largest absolute Gasteiger partial charge is 0.480 e. The van der Waals surface area contributed by atoms with Crippen LogP contribution < -0.4 is 5.32 Å². The predicted octanol–water partition coefficient (Wildman–Crippen LogP) is 3.19. The van der Waals surface area contributed by atoms with Crippen LogP contribution in [0.15, 0.2) is 30.3 Å². The lowest BCUT2D eigenvalue weighted by Crippen LogP contribution is -2.45. The summed E-state index contributed by atoms with van der Waals surface area (Å²) >= 11 is 0. The molecule has 0 aliphatic rings. The first-order valence-corrected chi connectivity index (χ1v) is 7.56. The fourth-order valence-corrected chi connectivity index (χ4v) is 2.36. The first kappa shape index (κ1) is 17.2. The minimum atomic E-state index is -0.967. The molecule has 116 valence electrons. The third-order valence-electron chi connectivity index (χ3n) is 3.99. The summed E-state index contributed by atoms with van der Waals surface area (Å²) in [6.07, 6.45) is 1.88. The second kappa shape index (κ2) is 8.45. The number of carboxylic acids is 1. The van der Waals surface area contributed by atoms with Crippen molar-refractivity contribution in [1.82, 2.24) is 5.32 Å². The fraction of sp³-hybridized carbons (Fsp3) is 0.529. The number of hydrogen-bond acceptors (Lipinski definition) is 2. The number of benzene rings is 1. The maximum Gasteiger partial charge on any atom is 0.326 e. The molecule has 0 aliphatic heterocycles. The minimum absolute atomic E-state index is 0.0803. The quantitative estimate of drug-likeness (QED) is 0.773. The molecule has 0 aromatic heterocycles. The number of carbonyl (C=O) groups is 2. The molecule has 0 heterocycles. The molecule has 3 atom stereocenters. The van der Waals surface area contributed by atoms with E-state index in [1.807, 2.05) is 51.1 Å². The molecule has 0 spiro atoms. The van der Waals surface area contributed by atoms with Crippen molar-refractivity contribution in [1.29, 1.82) is 0 Å². The molecule has 0 saturated heterocycles. The molecule has 1 aromatic rings. The standard InChI is InChI=1S/C17H25NO3/c1-4-12(3)16(17(20)21)18-15(19)11-13(5-2)14-9-7-6-8-10-14/h6-10,12-13,16H,4-5,11H2,1-3H3,(H,18,19)(H,20,21). The van der Waals surface area contributed by atoms with Gasteiger partial charge in [0.1, 0.15) is 6.04 Å². The van der Waals surface area contributed by atoms with Crippen LogP contribution in [-0.4, -0.2) is 23.0 Å². The van der Waals surface area contributed by atoms with E-state index in [2.05, 4.69) is 5.32 Å². The lowest BCUT2D eigenvalue weighted by Gasteiger charge is -2.22. The van der Waals surface area contributed by atoms with Crippen LogP contribution in [-0.2, 0) is 9.59 Å². The second-order valence-electron chi connectivity index (χ2n) is 5.49. The smallest absolute Gasteiger partial charge is 0.326 e. The summed E-state index contributed by atoms with van der Waals surface area (Å²) in [5.74, 6) is -1.12. The number of nitrogens with one attached hydrogen (secondary N) is 1. The minimum Gasteiger partial charge on any atom is -0.480 e. The van der Waals surface area contributed by atoms with Gasteiger partial charge in [-0.1, -0.05) is 57.5 Å². The van der Waals surface area contributed by atoms with Crippen molar-refractivity contribution in [3.05, 3.63) is 35.9 Å². The highest BCUT2D eigenvalue weighted by Crippen LogP contribution is 2.23.